The van der Waals surface area contributed by atoms with Gasteiger partial charge in [0.25, 0.3) is 0 Å². The first kappa shape index (κ1) is 21.4. The number of carbonyl (C=O) groups excluding carboxylic acids is 1. The van der Waals surface area contributed by atoms with E-state index in [9.17, 15) is 17.8 Å². The van der Waals surface area contributed by atoms with Crippen molar-refractivity contribution in [2.75, 3.05) is 25.6 Å². The third-order valence-corrected chi connectivity index (χ3v) is 2.74. The van der Waals surface area contributed by atoms with Gasteiger partial charge in [-0.1, -0.05) is 6.58 Å². The number of unbranched alkanes of at least 4 members (excludes halogenated alkanes) is 1. The zero-order valence-corrected chi connectivity index (χ0v) is 14.3. The second kappa shape index (κ2) is 11.9. The van der Waals surface area contributed by atoms with Gasteiger partial charge in [0, 0.05) is 24.5 Å². The van der Waals surface area contributed by atoms with Gasteiger partial charge in [-0.3, -0.25) is 0 Å². The predicted octanol–water partition coefficient (Wildman–Crippen LogP) is -2.16. The summed E-state index contributed by atoms with van der Waals surface area (Å²) in [6, 6.07) is 0. The van der Waals surface area contributed by atoms with Crippen LogP contribution in [0.3, 0.4) is 0 Å². The summed E-state index contributed by atoms with van der Waals surface area (Å²) in [7, 11) is -4.14. The van der Waals surface area contributed by atoms with E-state index in [1.807, 2.05) is 0 Å². The summed E-state index contributed by atoms with van der Waals surface area (Å²) in [4.78, 5) is 11.0. The van der Waals surface area contributed by atoms with Crippen molar-refractivity contribution in [2.24, 2.45) is 0 Å². The minimum atomic E-state index is -4.14. The van der Waals surface area contributed by atoms with E-state index in [-0.39, 0.29) is 42.6 Å². The average molecular weight is 302 g/mol. The molecule has 0 aliphatic heterocycles. The summed E-state index contributed by atoms with van der Waals surface area (Å²) in [5.74, 6) is -0.806. The van der Waals surface area contributed by atoms with Crippen molar-refractivity contribution < 1.29 is 56.8 Å². The van der Waals surface area contributed by atoms with Crippen LogP contribution in [0.4, 0.5) is 0 Å². The Kier molecular flexibility index (Phi) is 13.4. The molecular formula is C11H19NaO6S. The van der Waals surface area contributed by atoms with Crippen LogP contribution in [-0.2, 0) is 24.4 Å². The van der Waals surface area contributed by atoms with Crippen LogP contribution in [0.2, 0.25) is 0 Å². The first-order valence-electron chi connectivity index (χ1n) is 5.67. The summed E-state index contributed by atoms with van der Waals surface area (Å²) < 4.78 is 40.8. The molecule has 0 aliphatic carbocycles. The molecular weight excluding hydrogens is 283 g/mol. The molecule has 106 valence electrons. The first-order chi connectivity index (χ1) is 8.33. The van der Waals surface area contributed by atoms with Gasteiger partial charge in [-0.25, -0.2) is 13.2 Å². The Labute approximate surface area is 136 Å². The Hall–Kier alpha value is 0.0800. The molecule has 0 aromatic carbocycles. The summed E-state index contributed by atoms with van der Waals surface area (Å²) in [6.45, 7) is 6.03. The fourth-order valence-corrected chi connectivity index (χ4v) is 1.51. The fourth-order valence-electron chi connectivity index (χ4n) is 1.03. The van der Waals surface area contributed by atoms with Crippen LogP contribution in [-0.4, -0.2) is 44.5 Å². The number of rotatable bonds is 10. The molecule has 0 unspecified atom stereocenters. The molecule has 0 radical (unpaired) electrons. The van der Waals surface area contributed by atoms with Gasteiger partial charge in [0.1, 0.15) is 0 Å². The molecule has 0 saturated carbocycles. The van der Waals surface area contributed by atoms with Crippen molar-refractivity contribution in [3.63, 3.8) is 0 Å². The van der Waals surface area contributed by atoms with E-state index in [4.69, 9.17) is 9.47 Å². The Bertz CT molecular complexity index is 365. The van der Waals surface area contributed by atoms with Crippen LogP contribution in [0.25, 0.3) is 0 Å². The molecule has 0 aliphatic rings. The standard InChI is InChI=1S/C11H20O6S.Na/c1-10(2)11(12)17-8-4-3-6-16-7-5-9-18(13,14)15;/h1,3-9H2,2H3,(H,13,14,15);/q;+1/p-1. The van der Waals surface area contributed by atoms with Crippen LogP contribution in [0.1, 0.15) is 26.2 Å². The molecule has 0 fully saturated rings. The van der Waals surface area contributed by atoms with Crippen molar-refractivity contribution >= 4 is 16.1 Å². The quantitative estimate of drug-likeness (QED) is 0.150. The van der Waals surface area contributed by atoms with Crippen LogP contribution in [0.15, 0.2) is 12.2 Å². The maximum Gasteiger partial charge on any atom is 1.00 e. The van der Waals surface area contributed by atoms with Gasteiger partial charge < -0.3 is 14.0 Å². The third-order valence-electron chi connectivity index (χ3n) is 1.95. The van der Waals surface area contributed by atoms with Crippen molar-refractivity contribution in [3.8, 4) is 0 Å². The number of hydrogen-bond donors (Lipinski definition) is 0. The van der Waals surface area contributed by atoms with Crippen LogP contribution in [0.5, 0.6) is 0 Å². The minimum Gasteiger partial charge on any atom is -0.748 e. The molecule has 19 heavy (non-hydrogen) atoms. The zero-order valence-electron chi connectivity index (χ0n) is 11.5. The third kappa shape index (κ3) is 16.0. The number of hydrogen-bond acceptors (Lipinski definition) is 6. The second-order valence-corrected chi connectivity index (χ2v) is 5.37. The van der Waals surface area contributed by atoms with Gasteiger partial charge in [-0.2, -0.15) is 0 Å². The van der Waals surface area contributed by atoms with Crippen LogP contribution < -0.4 is 29.6 Å². The summed E-state index contributed by atoms with van der Waals surface area (Å²) >= 11 is 0. The van der Waals surface area contributed by atoms with E-state index in [0.717, 1.165) is 0 Å². The van der Waals surface area contributed by atoms with Crippen molar-refractivity contribution in [2.45, 2.75) is 26.2 Å². The smallest absolute Gasteiger partial charge is 0.748 e. The van der Waals surface area contributed by atoms with E-state index in [2.05, 4.69) is 6.58 Å². The molecule has 0 spiro atoms. The molecule has 0 aromatic rings. The molecule has 0 aromatic heterocycles. The van der Waals surface area contributed by atoms with Gasteiger partial charge in [0.05, 0.1) is 16.7 Å². The van der Waals surface area contributed by atoms with Crippen molar-refractivity contribution in [3.05, 3.63) is 12.2 Å². The largest absolute Gasteiger partial charge is 1.00 e. The van der Waals surface area contributed by atoms with Crippen LogP contribution in [0, 0.1) is 0 Å². The van der Waals surface area contributed by atoms with Crippen molar-refractivity contribution in [1.82, 2.24) is 0 Å². The fraction of sp³-hybridized carbons (Fsp3) is 0.727. The van der Waals surface area contributed by atoms with E-state index in [1.54, 1.807) is 6.92 Å². The van der Waals surface area contributed by atoms with E-state index < -0.39 is 21.8 Å². The topological polar surface area (TPSA) is 92.7 Å². The van der Waals surface area contributed by atoms with Gasteiger partial charge in [-0.15, -0.1) is 0 Å². The second-order valence-electron chi connectivity index (χ2n) is 3.85. The first-order valence-corrected chi connectivity index (χ1v) is 7.24. The predicted molar refractivity (Wildman–Crippen MR) is 65.0 cm³/mol. The summed E-state index contributed by atoms with van der Waals surface area (Å²) in [6.07, 6.45) is 1.57. The zero-order chi connectivity index (χ0) is 14.0. The molecule has 0 atom stereocenters. The Morgan fingerprint density at radius 3 is 2.21 bits per heavy atom. The van der Waals surface area contributed by atoms with Gasteiger partial charge >= 0.3 is 35.5 Å². The number of carbonyl (C=O) groups is 1. The molecule has 0 bridgehead atoms. The molecule has 0 N–H and O–H groups in total. The molecule has 6 nitrogen and oxygen atoms in total. The van der Waals surface area contributed by atoms with E-state index >= 15 is 0 Å². The maximum absolute atomic E-state index is 11.0. The number of ether oxygens (including phenoxy) is 2. The molecule has 0 heterocycles. The molecule has 0 amide bonds. The Morgan fingerprint density at radius 2 is 1.68 bits per heavy atom. The average Bonchev–Trinajstić information content (AvgIpc) is 2.24. The summed E-state index contributed by atoms with van der Waals surface area (Å²) in [5, 5.41) is 0. The van der Waals surface area contributed by atoms with Crippen molar-refractivity contribution in [1.29, 1.82) is 0 Å². The normalized spacial score (nSPS) is 10.6. The molecule has 0 rings (SSSR count). The van der Waals surface area contributed by atoms with Crippen LogP contribution >= 0.6 is 0 Å². The SMILES string of the molecule is C=C(C)C(=O)OCCCCOCCCS(=O)(=O)[O-].[Na+]. The monoisotopic (exact) mass is 302 g/mol. The van der Waals surface area contributed by atoms with Gasteiger partial charge in [0.2, 0.25) is 0 Å². The number of esters is 1. The molecule has 0 saturated heterocycles. The Morgan fingerprint density at radius 1 is 1.16 bits per heavy atom. The minimum absolute atomic E-state index is 0. The van der Waals surface area contributed by atoms with E-state index in [1.165, 1.54) is 0 Å². The van der Waals surface area contributed by atoms with E-state index in [0.29, 0.717) is 31.6 Å². The molecule has 8 heteroatoms. The maximum atomic E-state index is 11.0. The Balaban J connectivity index is 0. The van der Waals surface area contributed by atoms with Gasteiger partial charge in [0.15, 0.2) is 0 Å². The summed E-state index contributed by atoms with van der Waals surface area (Å²) in [5.41, 5.74) is 0.366. The van der Waals surface area contributed by atoms with Gasteiger partial charge in [-0.05, 0) is 26.2 Å².